The van der Waals surface area contributed by atoms with Gasteiger partial charge in [-0.15, -0.1) is 11.3 Å². The van der Waals surface area contributed by atoms with Crippen molar-refractivity contribution in [2.24, 2.45) is 0 Å². The molecular formula is C15H14BrF2N3O3S3. The lowest BCUT2D eigenvalue weighted by Gasteiger charge is -2.33. The van der Waals surface area contributed by atoms with Crippen LogP contribution in [0.25, 0.3) is 0 Å². The van der Waals surface area contributed by atoms with E-state index in [9.17, 15) is 22.0 Å². The van der Waals surface area contributed by atoms with Crippen LogP contribution < -0.4 is 0 Å². The van der Waals surface area contributed by atoms with Crippen molar-refractivity contribution >= 4 is 55.0 Å². The van der Waals surface area contributed by atoms with Crippen molar-refractivity contribution in [3.63, 3.8) is 0 Å². The van der Waals surface area contributed by atoms with Crippen LogP contribution in [0.3, 0.4) is 0 Å². The highest BCUT2D eigenvalue weighted by Crippen LogP contribution is 2.30. The van der Waals surface area contributed by atoms with Gasteiger partial charge in [0.2, 0.25) is 0 Å². The number of carbonyl (C=O) groups excluding carboxylic acids is 1. The highest BCUT2D eigenvalue weighted by molar-refractivity contribution is 9.11. The Bertz CT molecular complexity index is 931. The number of rotatable bonds is 5. The molecule has 27 heavy (non-hydrogen) atoms. The topological polar surface area (TPSA) is 70.6 Å². The molecule has 0 saturated carbocycles. The smallest absolute Gasteiger partial charge is 0.290 e. The van der Waals surface area contributed by atoms with Gasteiger partial charge >= 0.3 is 0 Å². The quantitative estimate of drug-likeness (QED) is 0.592. The van der Waals surface area contributed by atoms with Crippen molar-refractivity contribution in [2.75, 3.05) is 26.2 Å². The van der Waals surface area contributed by atoms with Gasteiger partial charge in [0.05, 0.1) is 9.35 Å². The van der Waals surface area contributed by atoms with Crippen LogP contribution >= 0.6 is 39.0 Å². The van der Waals surface area contributed by atoms with Crippen molar-refractivity contribution in [3.8, 4) is 0 Å². The van der Waals surface area contributed by atoms with Crippen LogP contribution in [0.4, 0.5) is 8.78 Å². The molecule has 6 nitrogen and oxygen atoms in total. The number of hydrogen-bond donors (Lipinski definition) is 0. The third-order valence-corrected chi connectivity index (χ3v) is 8.59. The second kappa shape index (κ2) is 8.52. The zero-order valence-corrected chi connectivity index (χ0v) is 17.8. The predicted octanol–water partition coefficient (Wildman–Crippen LogP) is 3.37. The number of hydrogen-bond acceptors (Lipinski definition) is 6. The maximum Gasteiger partial charge on any atom is 0.290 e. The number of aromatic nitrogens is 1. The van der Waals surface area contributed by atoms with Crippen molar-refractivity contribution < 1.29 is 22.0 Å². The van der Waals surface area contributed by atoms with E-state index in [1.165, 1.54) is 33.6 Å². The second-order valence-corrected chi connectivity index (χ2v) is 11.1. The molecule has 0 N–H and O–H groups in total. The van der Waals surface area contributed by atoms with E-state index in [1.807, 2.05) is 0 Å². The molecule has 3 rings (SSSR count). The fourth-order valence-corrected chi connectivity index (χ4v) is 6.76. The summed E-state index contributed by atoms with van der Waals surface area (Å²) in [6.07, 6.45) is 1.35. The van der Waals surface area contributed by atoms with Gasteiger partial charge in [0, 0.05) is 32.4 Å². The Balaban J connectivity index is 1.70. The van der Waals surface area contributed by atoms with Crippen molar-refractivity contribution in [1.29, 1.82) is 0 Å². The average molecular weight is 498 g/mol. The molecule has 0 radical (unpaired) electrons. The molecule has 0 bridgehead atoms. The number of amides is 1. The minimum absolute atomic E-state index is 0.0315. The van der Waals surface area contributed by atoms with Gasteiger partial charge < -0.3 is 4.90 Å². The monoisotopic (exact) mass is 497 g/mol. The van der Waals surface area contributed by atoms with Gasteiger partial charge in [-0.2, -0.15) is 13.1 Å². The number of halogens is 3. The first-order valence-corrected chi connectivity index (χ1v) is 11.7. The standard InChI is InChI=1S/C15H14BrF2N3O3S3/c16-11-3-4-12(25-11)27(23,24)21-8-6-20(7-9-21)14(22)10-2-1-5-19-13(10)26-15(17)18/h1-5,15H,6-9H2. The maximum absolute atomic E-state index is 12.7. The number of pyridine rings is 1. The molecule has 1 fully saturated rings. The zero-order valence-electron chi connectivity index (χ0n) is 13.7. The molecular weight excluding hydrogens is 484 g/mol. The fourth-order valence-electron chi connectivity index (χ4n) is 2.60. The minimum Gasteiger partial charge on any atom is -0.336 e. The predicted molar refractivity (Wildman–Crippen MR) is 103 cm³/mol. The molecule has 1 saturated heterocycles. The summed E-state index contributed by atoms with van der Waals surface area (Å²) in [4.78, 5) is 18.0. The zero-order chi connectivity index (χ0) is 19.6. The van der Waals surface area contributed by atoms with E-state index < -0.39 is 21.7 Å². The molecule has 1 amide bonds. The molecule has 146 valence electrons. The minimum atomic E-state index is -3.61. The molecule has 3 heterocycles. The second-order valence-electron chi connectivity index (χ2n) is 5.49. The Hall–Kier alpha value is -1.08. The van der Waals surface area contributed by atoms with Gasteiger partial charge in [0.1, 0.15) is 9.24 Å². The third-order valence-electron chi connectivity index (χ3n) is 3.87. The molecule has 0 spiro atoms. The molecule has 0 aromatic carbocycles. The molecule has 0 aliphatic carbocycles. The SMILES string of the molecule is O=C(c1cccnc1SC(F)F)N1CCN(S(=O)(=O)c2ccc(Br)s2)CC1. The van der Waals surface area contributed by atoms with Gasteiger partial charge in [-0.05, 0) is 52.0 Å². The summed E-state index contributed by atoms with van der Waals surface area (Å²) in [6.45, 7) is 0.638. The summed E-state index contributed by atoms with van der Waals surface area (Å²) < 4.78 is 52.9. The Kier molecular flexibility index (Phi) is 6.51. The van der Waals surface area contributed by atoms with Crippen LogP contribution in [-0.4, -0.2) is 60.5 Å². The van der Waals surface area contributed by atoms with Crippen LogP contribution in [-0.2, 0) is 10.0 Å². The van der Waals surface area contributed by atoms with Crippen LogP contribution in [0.5, 0.6) is 0 Å². The molecule has 0 atom stereocenters. The van der Waals surface area contributed by atoms with E-state index in [-0.39, 0.29) is 52.7 Å². The van der Waals surface area contributed by atoms with Crippen LogP contribution in [0.2, 0.25) is 0 Å². The number of thioether (sulfide) groups is 1. The molecule has 1 aliphatic heterocycles. The Morgan fingerprint density at radius 2 is 1.93 bits per heavy atom. The summed E-state index contributed by atoms with van der Waals surface area (Å²) in [5.74, 6) is -3.11. The van der Waals surface area contributed by atoms with E-state index in [1.54, 1.807) is 6.07 Å². The third kappa shape index (κ3) is 4.67. The fraction of sp³-hybridized carbons (Fsp3) is 0.333. The molecule has 2 aromatic rings. The first-order valence-electron chi connectivity index (χ1n) is 7.73. The highest BCUT2D eigenvalue weighted by atomic mass is 79.9. The lowest BCUT2D eigenvalue weighted by Crippen LogP contribution is -2.50. The number of carbonyl (C=O) groups is 1. The van der Waals surface area contributed by atoms with Crippen molar-refractivity contribution in [3.05, 3.63) is 39.8 Å². The van der Waals surface area contributed by atoms with Gasteiger partial charge in [-0.3, -0.25) is 4.79 Å². The number of nitrogens with zero attached hydrogens (tertiary/aromatic N) is 3. The van der Waals surface area contributed by atoms with E-state index >= 15 is 0 Å². The number of sulfonamides is 1. The summed E-state index contributed by atoms with van der Waals surface area (Å²) in [5.41, 5.74) is 0.0984. The lowest BCUT2D eigenvalue weighted by molar-refractivity contribution is 0.0693. The molecule has 0 unspecified atom stereocenters. The van der Waals surface area contributed by atoms with E-state index in [0.29, 0.717) is 0 Å². The summed E-state index contributed by atoms with van der Waals surface area (Å²) >= 11 is 4.59. The Labute approximate surface area is 171 Å². The average Bonchev–Trinajstić information content (AvgIpc) is 3.08. The largest absolute Gasteiger partial charge is 0.336 e. The number of thiophene rings is 1. The van der Waals surface area contributed by atoms with Crippen molar-refractivity contribution in [2.45, 2.75) is 15.0 Å². The lowest BCUT2D eigenvalue weighted by atomic mass is 10.2. The van der Waals surface area contributed by atoms with Crippen LogP contribution in [0.1, 0.15) is 10.4 Å². The van der Waals surface area contributed by atoms with Gasteiger partial charge in [-0.1, -0.05) is 0 Å². The van der Waals surface area contributed by atoms with Gasteiger partial charge in [-0.25, -0.2) is 13.4 Å². The van der Waals surface area contributed by atoms with Crippen LogP contribution in [0.15, 0.2) is 43.5 Å². The first kappa shape index (κ1) is 20.6. The van der Waals surface area contributed by atoms with Crippen molar-refractivity contribution in [1.82, 2.24) is 14.2 Å². The summed E-state index contributed by atoms with van der Waals surface area (Å²) in [7, 11) is -3.61. The van der Waals surface area contributed by atoms with Crippen LogP contribution in [0, 0.1) is 0 Å². The number of piperazine rings is 1. The molecule has 2 aromatic heterocycles. The maximum atomic E-state index is 12.7. The first-order chi connectivity index (χ1) is 12.8. The summed E-state index contributed by atoms with van der Waals surface area (Å²) in [5, 5.41) is -0.0315. The molecule has 12 heteroatoms. The number of alkyl halides is 2. The summed E-state index contributed by atoms with van der Waals surface area (Å²) in [6, 6.07) is 6.16. The van der Waals surface area contributed by atoms with E-state index in [2.05, 4.69) is 20.9 Å². The normalized spacial score (nSPS) is 16.1. The van der Waals surface area contributed by atoms with E-state index in [0.717, 1.165) is 15.1 Å². The van der Waals surface area contributed by atoms with Gasteiger partial charge in [0.15, 0.2) is 0 Å². The van der Waals surface area contributed by atoms with Gasteiger partial charge in [0.25, 0.3) is 21.7 Å². The Morgan fingerprint density at radius 1 is 1.22 bits per heavy atom. The Morgan fingerprint density at radius 3 is 2.52 bits per heavy atom. The van der Waals surface area contributed by atoms with E-state index in [4.69, 9.17) is 0 Å². The highest BCUT2D eigenvalue weighted by Gasteiger charge is 2.32. The molecule has 1 aliphatic rings.